The molecule has 5 rings (SSSR count). The van der Waals surface area contributed by atoms with Crippen LogP contribution in [0.2, 0.25) is 5.02 Å². The van der Waals surface area contributed by atoms with Crippen LogP contribution in [0.3, 0.4) is 0 Å². The largest absolute Gasteiger partial charge is 0.478 e. The fraction of sp³-hybridized carbons (Fsp3) is 0.194. The third-order valence-electron chi connectivity index (χ3n) is 6.73. The van der Waals surface area contributed by atoms with E-state index in [1.165, 1.54) is 31.4 Å². The van der Waals surface area contributed by atoms with Gasteiger partial charge in [0.05, 0.1) is 33.9 Å². The number of ether oxygens (including phenoxy) is 2. The number of rotatable bonds is 10. The summed E-state index contributed by atoms with van der Waals surface area (Å²) in [6, 6.07) is 14.4. The summed E-state index contributed by atoms with van der Waals surface area (Å²) in [5, 5.41) is 9.50. The summed E-state index contributed by atoms with van der Waals surface area (Å²) in [6.07, 6.45) is -0.0832. The lowest BCUT2D eigenvalue weighted by Gasteiger charge is -2.12. The van der Waals surface area contributed by atoms with Crippen LogP contribution in [0.1, 0.15) is 32.9 Å². The number of aromatic carboxylic acids is 1. The Balaban J connectivity index is 1.43. The zero-order valence-corrected chi connectivity index (χ0v) is 23.4. The van der Waals surface area contributed by atoms with Gasteiger partial charge in [0.15, 0.2) is 0 Å². The van der Waals surface area contributed by atoms with Crippen molar-refractivity contribution >= 4 is 28.6 Å². The molecule has 2 aromatic heterocycles. The normalized spacial score (nSPS) is 11.3. The molecule has 216 valence electrons. The summed E-state index contributed by atoms with van der Waals surface area (Å²) in [6.45, 7) is 2.28. The number of aromatic nitrogens is 3. The Bertz CT molecular complexity index is 1810. The highest BCUT2D eigenvalue weighted by Gasteiger charge is 2.20. The number of pyridine rings is 1. The van der Waals surface area contributed by atoms with Crippen LogP contribution < -0.4 is 4.74 Å². The van der Waals surface area contributed by atoms with Crippen molar-refractivity contribution in [2.75, 3.05) is 13.7 Å². The molecule has 0 fully saturated rings. The van der Waals surface area contributed by atoms with Gasteiger partial charge in [-0.05, 0) is 54.4 Å². The molecule has 0 aliphatic rings. The topological polar surface area (TPSA) is 86.5 Å². The molecule has 42 heavy (non-hydrogen) atoms. The molecule has 7 nitrogen and oxygen atoms in total. The van der Waals surface area contributed by atoms with Crippen molar-refractivity contribution < 1.29 is 32.5 Å². The molecule has 11 heteroatoms. The van der Waals surface area contributed by atoms with Crippen LogP contribution in [0.25, 0.3) is 22.3 Å². The lowest BCUT2D eigenvalue weighted by Crippen LogP contribution is -2.10. The number of aryl methyl sites for hydroxylation is 1. The molecule has 0 atom stereocenters. The number of imidazole rings is 1. The lowest BCUT2D eigenvalue weighted by molar-refractivity contribution is 0.0697. The summed E-state index contributed by atoms with van der Waals surface area (Å²) in [5.74, 6) is -2.49. The van der Waals surface area contributed by atoms with Gasteiger partial charge >= 0.3 is 5.97 Å². The first-order valence-electron chi connectivity index (χ1n) is 12.9. The minimum absolute atomic E-state index is 0.0160. The van der Waals surface area contributed by atoms with Crippen molar-refractivity contribution in [3.05, 3.63) is 111 Å². The SMILES string of the molecule is COCCn1c(Cc2cc(F)c(-c3cccc(OCc4ccc(C)cc4F)n3)cc2F)nc2cc(Cl)c(C(=O)O)cc21. The van der Waals surface area contributed by atoms with Crippen molar-refractivity contribution in [1.82, 2.24) is 14.5 Å². The van der Waals surface area contributed by atoms with Gasteiger partial charge in [-0.15, -0.1) is 0 Å². The van der Waals surface area contributed by atoms with Crippen molar-refractivity contribution in [3.8, 4) is 17.1 Å². The van der Waals surface area contributed by atoms with Crippen molar-refractivity contribution in [1.29, 1.82) is 0 Å². The zero-order chi connectivity index (χ0) is 30.0. The molecular weight excluding hydrogens is 571 g/mol. The fourth-order valence-electron chi connectivity index (χ4n) is 4.58. The van der Waals surface area contributed by atoms with Crippen LogP contribution in [0.4, 0.5) is 13.2 Å². The number of halogens is 4. The predicted molar refractivity (Wildman–Crippen MR) is 151 cm³/mol. The molecule has 0 saturated heterocycles. The monoisotopic (exact) mass is 595 g/mol. The van der Waals surface area contributed by atoms with Crippen LogP contribution in [0.15, 0.2) is 60.7 Å². The molecule has 5 aromatic rings. The van der Waals surface area contributed by atoms with Gasteiger partial charge in [0.2, 0.25) is 5.88 Å². The second-order valence-electron chi connectivity index (χ2n) is 9.64. The third kappa shape index (κ3) is 6.09. The minimum Gasteiger partial charge on any atom is -0.478 e. The number of benzene rings is 3. The van der Waals surface area contributed by atoms with Crippen LogP contribution in [-0.4, -0.2) is 39.3 Å². The van der Waals surface area contributed by atoms with Gasteiger partial charge in [-0.3, -0.25) is 0 Å². The maximum atomic E-state index is 15.4. The molecule has 1 N–H and O–H groups in total. The van der Waals surface area contributed by atoms with E-state index < -0.39 is 23.4 Å². The molecular formula is C31H25ClF3N3O4. The van der Waals surface area contributed by atoms with E-state index in [9.17, 15) is 14.3 Å². The summed E-state index contributed by atoms with van der Waals surface area (Å²) < 4.78 is 57.4. The van der Waals surface area contributed by atoms with Crippen LogP contribution in [0.5, 0.6) is 5.88 Å². The van der Waals surface area contributed by atoms with Crippen molar-refractivity contribution in [2.24, 2.45) is 0 Å². The molecule has 0 saturated carbocycles. The quantitative estimate of drug-likeness (QED) is 0.187. The molecule has 0 bridgehead atoms. The van der Waals surface area contributed by atoms with E-state index in [-0.39, 0.29) is 52.9 Å². The summed E-state index contributed by atoms with van der Waals surface area (Å²) in [5.41, 5.74) is 2.02. The summed E-state index contributed by atoms with van der Waals surface area (Å²) in [4.78, 5) is 20.4. The number of hydrogen-bond donors (Lipinski definition) is 1. The van der Waals surface area contributed by atoms with Crippen molar-refractivity contribution in [2.45, 2.75) is 26.5 Å². The Kier molecular flexibility index (Phi) is 8.46. The first-order chi connectivity index (χ1) is 20.1. The second-order valence-corrected chi connectivity index (χ2v) is 10.1. The smallest absolute Gasteiger partial charge is 0.337 e. The molecule has 0 spiro atoms. The van der Waals surface area contributed by atoms with E-state index in [2.05, 4.69) is 9.97 Å². The van der Waals surface area contributed by atoms with Gasteiger partial charge in [-0.2, -0.15) is 0 Å². The van der Waals surface area contributed by atoms with Gasteiger partial charge < -0.3 is 19.1 Å². The van der Waals surface area contributed by atoms with E-state index >= 15 is 8.78 Å². The fourth-order valence-corrected chi connectivity index (χ4v) is 4.82. The molecule has 2 heterocycles. The predicted octanol–water partition coefficient (Wildman–Crippen LogP) is 6.99. The Hall–Kier alpha value is -4.41. The molecule has 3 aromatic carbocycles. The minimum atomic E-state index is -1.20. The van der Waals surface area contributed by atoms with Crippen LogP contribution >= 0.6 is 11.6 Å². The number of carbonyl (C=O) groups is 1. The van der Waals surface area contributed by atoms with Crippen LogP contribution in [-0.2, 0) is 24.3 Å². The highest BCUT2D eigenvalue weighted by Crippen LogP contribution is 2.29. The van der Waals surface area contributed by atoms with Gasteiger partial charge in [-0.25, -0.2) is 27.9 Å². The average molecular weight is 596 g/mol. The number of methoxy groups -OCH3 is 1. The van der Waals surface area contributed by atoms with Gasteiger partial charge in [0, 0.05) is 37.3 Å². The maximum Gasteiger partial charge on any atom is 0.337 e. The second kappa shape index (κ2) is 12.2. The van der Waals surface area contributed by atoms with E-state index in [4.69, 9.17) is 21.1 Å². The van der Waals surface area contributed by atoms with Crippen LogP contribution in [0, 0.1) is 24.4 Å². The Morgan fingerprint density at radius 2 is 1.76 bits per heavy atom. The maximum absolute atomic E-state index is 15.4. The Morgan fingerprint density at radius 1 is 0.976 bits per heavy atom. The first-order valence-corrected chi connectivity index (χ1v) is 13.3. The number of fused-ring (bicyclic) bond motifs is 1. The highest BCUT2D eigenvalue weighted by atomic mass is 35.5. The van der Waals surface area contributed by atoms with E-state index in [1.807, 2.05) is 0 Å². The third-order valence-corrected chi connectivity index (χ3v) is 7.05. The summed E-state index contributed by atoms with van der Waals surface area (Å²) >= 11 is 6.12. The first kappa shape index (κ1) is 29.1. The van der Waals surface area contributed by atoms with Gasteiger partial charge in [0.1, 0.15) is 29.9 Å². The number of nitrogens with zero attached hydrogens (tertiary/aromatic N) is 3. The number of carboxylic acid groups (broad SMARTS) is 1. The Labute approximate surface area is 244 Å². The van der Waals surface area contributed by atoms with E-state index in [0.29, 0.717) is 29.0 Å². The molecule has 0 unspecified atom stereocenters. The highest BCUT2D eigenvalue weighted by molar-refractivity contribution is 6.34. The van der Waals surface area contributed by atoms with E-state index in [1.54, 1.807) is 35.8 Å². The van der Waals surface area contributed by atoms with Gasteiger partial charge in [0.25, 0.3) is 0 Å². The number of carboxylic acids is 1. The molecule has 0 amide bonds. The van der Waals surface area contributed by atoms with Gasteiger partial charge in [-0.1, -0.05) is 29.8 Å². The standard InChI is InChI=1S/C31H25ClF3N3O4/c1-17-6-7-18(23(33)10-17)16-42-30-5-3-4-26(37-30)21-13-24(34)19(11-25(21)35)12-29-36-27-15-22(32)20(31(39)40)14-28(27)38(29)8-9-41-2/h3-7,10-11,13-15H,8-9,12,16H2,1-2H3,(H,39,40). The molecule has 0 aliphatic heterocycles. The Morgan fingerprint density at radius 3 is 2.50 bits per heavy atom. The molecule has 0 radical (unpaired) electrons. The number of hydrogen-bond acceptors (Lipinski definition) is 5. The lowest BCUT2D eigenvalue weighted by atomic mass is 10.0. The molecule has 0 aliphatic carbocycles. The summed E-state index contributed by atoms with van der Waals surface area (Å²) in [7, 11) is 1.51. The zero-order valence-electron chi connectivity index (χ0n) is 22.6. The van der Waals surface area contributed by atoms with E-state index in [0.717, 1.165) is 17.7 Å². The van der Waals surface area contributed by atoms with Crippen molar-refractivity contribution in [3.63, 3.8) is 0 Å². The average Bonchev–Trinajstić information content (AvgIpc) is 3.28.